The first-order chi connectivity index (χ1) is 12.5. The zero-order chi connectivity index (χ0) is 18.9. The molecule has 2 aromatic rings. The molecule has 0 aliphatic carbocycles. The number of amides is 2. The summed E-state index contributed by atoms with van der Waals surface area (Å²) in [7, 11) is 0. The van der Waals surface area contributed by atoms with Crippen molar-refractivity contribution in [3.63, 3.8) is 0 Å². The highest BCUT2D eigenvalue weighted by molar-refractivity contribution is 9.10. The first kappa shape index (κ1) is 19.3. The molecule has 7 nitrogen and oxygen atoms in total. The van der Waals surface area contributed by atoms with E-state index >= 15 is 0 Å². The van der Waals surface area contributed by atoms with Crippen molar-refractivity contribution < 1.29 is 19.5 Å². The van der Waals surface area contributed by atoms with E-state index in [1.54, 1.807) is 42.5 Å². The normalized spacial score (nSPS) is 10.5. The van der Waals surface area contributed by atoms with Crippen molar-refractivity contribution in [2.45, 2.75) is 6.42 Å². The molecule has 0 atom stereocenters. The molecule has 8 heteroatoms. The Kier molecular flexibility index (Phi) is 7.04. The van der Waals surface area contributed by atoms with Gasteiger partial charge in [-0.25, -0.2) is 10.2 Å². The highest BCUT2D eigenvalue weighted by Gasteiger charge is 2.09. The molecule has 0 saturated heterocycles. The van der Waals surface area contributed by atoms with Crippen LogP contribution in [0.15, 0.2) is 58.1 Å². The molecule has 0 aliphatic rings. The van der Waals surface area contributed by atoms with Gasteiger partial charge in [-0.3, -0.25) is 9.59 Å². The molecule has 0 unspecified atom stereocenters. The molecule has 2 aromatic carbocycles. The van der Waals surface area contributed by atoms with E-state index in [0.717, 1.165) is 0 Å². The third-order valence-corrected chi connectivity index (χ3v) is 4.03. The van der Waals surface area contributed by atoms with Crippen LogP contribution >= 0.6 is 15.9 Å². The summed E-state index contributed by atoms with van der Waals surface area (Å²) in [6.45, 7) is 0.146. The van der Waals surface area contributed by atoms with Crippen molar-refractivity contribution in [2.75, 3.05) is 6.54 Å². The molecule has 134 valence electrons. The lowest BCUT2D eigenvalue weighted by atomic mass is 10.1. The predicted molar refractivity (Wildman–Crippen MR) is 100 cm³/mol. The molecule has 0 saturated carbocycles. The minimum Gasteiger partial charge on any atom is -0.478 e. The number of benzene rings is 2. The highest BCUT2D eigenvalue weighted by Crippen LogP contribution is 2.15. The number of aromatic carboxylic acids is 1. The summed E-state index contributed by atoms with van der Waals surface area (Å²) in [5, 5.41) is 15.5. The van der Waals surface area contributed by atoms with Gasteiger partial charge >= 0.3 is 5.97 Å². The number of carbonyl (C=O) groups excluding carboxylic acids is 2. The highest BCUT2D eigenvalue weighted by atomic mass is 79.9. The lowest BCUT2D eigenvalue weighted by Gasteiger charge is -2.06. The van der Waals surface area contributed by atoms with E-state index in [9.17, 15) is 14.4 Å². The molecular formula is C18H16BrN3O4. The molecule has 0 radical (unpaired) electrons. The second-order valence-electron chi connectivity index (χ2n) is 5.17. The molecule has 0 spiro atoms. The topological polar surface area (TPSA) is 108 Å². The number of hydrazone groups is 1. The van der Waals surface area contributed by atoms with Gasteiger partial charge in [0.1, 0.15) is 0 Å². The van der Waals surface area contributed by atoms with Crippen LogP contribution in [0.25, 0.3) is 0 Å². The maximum absolute atomic E-state index is 12.0. The standard InChI is InChI=1S/C18H16BrN3O4/c19-15-8-4-3-7-14(15)17(24)20-10-9-16(23)22-21-11-12-5-1-2-6-13(12)18(25)26/h1-8,11H,9-10H2,(H,20,24)(H,22,23)(H,25,26). The second kappa shape index (κ2) is 9.47. The van der Waals surface area contributed by atoms with Crippen molar-refractivity contribution in [1.29, 1.82) is 0 Å². The fourth-order valence-electron chi connectivity index (χ4n) is 2.06. The zero-order valence-electron chi connectivity index (χ0n) is 13.6. The summed E-state index contributed by atoms with van der Waals surface area (Å²) in [6, 6.07) is 13.3. The quantitative estimate of drug-likeness (QED) is 0.474. The Labute approximate surface area is 158 Å². The molecule has 0 bridgehead atoms. The molecule has 0 fully saturated rings. The van der Waals surface area contributed by atoms with E-state index in [2.05, 4.69) is 31.8 Å². The van der Waals surface area contributed by atoms with Gasteiger partial charge in [-0.2, -0.15) is 5.10 Å². The lowest BCUT2D eigenvalue weighted by Crippen LogP contribution is -2.29. The van der Waals surface area contributed by atoms with Crippen LogP contribution in [0.5, 0.6) is 0 Å². The summed E-state index contributed by atoms with van der Waals surface area (Å²) in [4.78, 5) is 34.8. The third-order valence-electron chi connectivity index (χ3n) is 3.34. The number of halogens is 1. The van der Waals surface area contributed by atoms with Gasteiger partial charge in [0.05, 0.1) is 17.3 Å². The van der Waals surface area contributed by atoms with E-state index in [4.69, 9.17) is 5.11 Å². The number of nitrogens with one attached hydrogen (secondary N) is 2. The van der Waals surface area contributed by atoms with Crippen LogP contribution in [0.3, 0.4) is 0 Å². The molecule has 0 heterocycles. The number of carbonyl (C=O) groups is 3. The van der Waals surface area contributed by atoms with Crippen LogP contribution in [-0.2, 0) is 4.79 Å². The van der Waals surface area contributed by atoms with E-state index in [0.29, 0.717) is 15.6 Å². The average Bonchev–Trinajstić information content (AvgIpc) is 2.62. The van der Waals surface area contributed by atoms with Gasteiger partial charge < -0.3 is 10.4 Å². The van der Waals surface area contributed by atoms with Gasteiger partial charge in [-0.1, -0.05) is 30.3 Å². The average molecular weight is 418 g/mol. The van der Waals surface area contributed by atoms with E-state index in [1.807, 2.05) is 0 Å². The lowest BCUT2D eigenvalue weighted by molar-refractivity contribution is -0.120. The maximum atomic E-state index is 12.0. The van der Waals surface area contributed by atoms with Crippen molar-refractivity contribution >= 4 is 39.9 Å². The molecule has 2 amide bonds. The number of carboxylic acid groups (broad SMARTS) is 1. The van der Waals surface area contributed by atoms with Gasteiger partial charge in [0, 0.05) is 23.0 Å². The molecular weight excluding hydrogens is 402 g/mol. The van der Waals surface area contributed by atoms with Crippen LogP contribution in [0, 0.1) is 0 Å². The third kappa shape index (κ3) is 5.52. The molecule has 0 aliphatic heterocycles. The Morgan fingerprint density at radius 1 is 1.04 bits per heavy atom. The summed E-state index contributed by atoms with van der Waals surface area (Å²) in [5.41, 5.74) is 3.25. The Morgan fingerprint density at radius 3 is 2.38 bits per heavy atom. The SMILES string of the molecule is O=C(CCNC(=O)c1ccccc1Br)NN=Cc1ccccc1C(=O)O. The van der Waals surface area contributed by atoms with Crippen molar-refractivity contribution in [1.82, 2.24) is 10.7 Å². The van der Waals surface area contributed by atoms with Crippen LogP contribution < -0.4 is 10.7 Å². The largest absolute Gasteiger partial charge is 0.478 e. The minimum absolute atomic E-state index is 0.0358. The smallest absolute Gasteiger partial charge is 0.336 e. The minimum atomic E-state index is -1.08. The Balaban J connectivity index is 1.80. The Morgan fingerprint density at radius 2 is 1.69 bits per heavy atom. The van der Waals surface area contributed by atoms with Crippen LogP contribution in [-0.4, -0.2) is 35.6 Å². The summed E-state index contributed by atoms with van der Waals surface area (Å²) >= 11 is 3.29. The molecule has 3 N–H and O–H groups in total. The number of rotatable bonds is 7. The number of hydrogen-bond acceptors (Lipinski definition) is 4. The monoisotopic (exact) mass is 417 g/mol. The predicted octanol–water partition coefficient (Wildman–Crippen LogP) is 2.42. The number of nitrogens with zero attached hydrogens (tertiary/aromatic N) is 1. The van der Waals surface area contributed by atoms with E-state index in [1.165, 1.54) is 12.3 Å². The van der Waals surface area contributed by atoms with Crippen molar-refractivity contribution in [3.05, 3.63) is 69.7 Å². The molecule has 2 rings (SSSR count). The van der Waals surface area contributed by atoms with E-state index in [-0.39, 0.29) is 24.4 Å². The number of hydrogen-bond donors (Lipinski definition) is 3. The summed E-state index contributed by atoms with van der Waals surface area (Å²) < 4.78 is 0.670. The fraction of sp³-hybridized carbons (Fsp3) is 0.111. The molecule has 0 aromatic heterocycles. The second-order valence-corrected chi connectivity index (χ2v) is 6.03. The van der Waals surface area contributed by atoms with Crippen LogP contribution in [0.1, 0.15) is 32.7 Å². The molecule has 26 heavy (non-hydrogen) atoms. The van der Waals surface area contributed by atoms with Gasteiger partial charge in [-0.05, 0) is 34.1 Å². The summed E-state index contributed by atoms with van der Waals surface area (Å²) in [6.07, 6.45) is 1.30. The van der Waals surface area contributed by atoms with E-state index < -0.39 is 11.9 Å². The first-order valence-electron chi connectivity index (χ1n) is 7.66. The number of carboxylic acids is 1. The van der Waals surface area contributed by atoms with Crippen molar-refractivity contribution in [2.24, 2.45) is 5.10 Å². The summed E-state index contributed by atoms with van der Waals surface area (Å²) in [5.74, 6) is -1.76. The van der Waals surface area contributed by atoms with Crippen LogP contribution in [0.2, 0.25) is 0 Å². The Bertz CT molecular complexity index is 852. The van der Waals surface area contributed by atoms with Gasteiger partial charge in [0.2, 0.25) is 5.91 Å². The Hall–Kier alpha value is -3.00. The fourth-order valence-corrected chi connectivity index (χ4v) is 2.53. The first-order valence-corrected chi connectivity index (χ1v) is 8.45. The van der Waals surface area contributed by atoms with Crippen LogP contribution in [0.4, 0.5) is 0 Å². The van der Waals surface area contributed by atoms with Crippen molar-refractivity contribution in [3.8, 4) is 0 Å². The van der Waals surface area contributed by atoms with Gasteiger partial charge in [0.15, 0.2) is 0 Å². The maximum Gasteiger partial charge on any atom is 0.336 e. The zero-order valence-corrected chi connectivity index (χ0v) is 15.2. The van der Waals surface area contributed by atoms with Gasteiger partial charge in [-0.15, -0.1) is 0 Å². The van der Waals surface area contributed by atoms with Gasteiger partial charge in [0.25, 0.3) is 5.91 Å².